The minimum Gasteiger partial charge on any atom is -0.493 e. The Hall–Kier alpha value is -1.73. The first-order valence-corrected chi connectivity index (χ1v) is 10.6. The molecular formula is C22H35BN2O4. The van der Waals surface area contributed by atoms with E-state index in [-0.39, 0.29) is 18.0 Å². The maximum Gasteiger partial charge on any atom is 0.254 e. The highest BCUT2D eigenvalue weighted by Gasteiger charge is 2.33. The van der Waals surface area contributed by atoms with Crippen molar-refractivity contribution in [1.82, 2.24) is 9.71 Å². The first-order chi connectivity index (χ1) is 13.9. The maximum absolute atomic E-state index is 13.4. The normalized spacial score (nSPS) is 19.9. The molecule has 2 radical (unpaired) electrons. The smallest absolute Gasteiger partial charge is 0.254 e. The van der Waals surface area contributed by atoms with Crippen LogP contribution in [0, 0.1) is 0 Å². The van der Waals surface area contributed by atoms with E-state index in [4.69, 9.17) is 22.2 Å². The molecule has 1 aromatic rings. The molecule has 1 aliphatic rings. The van der Waals surface area contributed by atoms with Crippen LogP contribution in [-0.2, 0) is 4.74 Å². The Morgan fingerprint density at radius 1 is 1.24 bits per heavy atom. The number of nitrogens with zero attached hydrogens (tertiary/aromatic N) is 2. The maximum atomic E-state index is 13.4. The fourth-order valence-electron chi connectivity index (χ4n) is 3.98. The summed E-state index contributed by atoms with van der Waals surface area (Å²) in [6.45, 7) is 8.07. The molecule has 1 aliphatic heterocycles. The Bertz CT molecular complexity index is 656. The number of amides is 1. The number of hydrogen-bond donors (Lipinski definition) is 0. The third kappa shape index (κ3) is 6.13. The van der Waals surface area contributed by atoms with Gasteiger partial charge in [-0.25, -0.2) is 0 Å². The van der Waals surface area contributed by atoms with Crippen molar-refractivity contribution in [2.75, 3.05) is 34.0 Å². The summed E-state index contributed by atoms with van der Waals surface area (Å²) in [6, 6.07) is 5.94. The van der Waals surface area contributed by atoms with Crippen molar-refractivity contribution in [1.29, 1.82) is 0 Å². The van der Waals surface area contributed by atoms with Crippen LogP contribution in [0.1, 0.15) is 56.8 Å². The SMILES string of the molecule is [B]N1CC(N(C(=O)c2ccc(OC)c(OCCCOC)c2)C(C)C)CCC1CC. The summed E-state index contributed by atoms with van der Waals surface area (Å²) in [5, 5.41) is 0. The number of carbonyl (C=O) groups is 1. The van der Waals surface area contributed by atoms with Crippen LogP contribution in [0.25, 0.3) is 0 Å². The number of carbonyl (C=O) groups excluding carboxylic acids is 1. The number of piperidine rings is 1. The van der Waals surface area contributed by atoms with Gasteiger partial charge in [-0.2, -0.15) is 0 Å². The fraction of sp³-hybridized carbons (Fsp3) is 0.682. The standard InChI is InChI=1S/C22H35BN2O4/c1-6-18-9-10-19(15-24(18)23)25(16(2)3)22(26)17-8-11-20(28-5)21(14-17)29-13-7-12-27-4/h8,11,14,16,18-19H,6-7,9-10,12-13,15H2,1-5H3. The minimum atomic E-state index is -0.00209. The van der Waals surface area contributed by atoms with Crippen LogP contribution in [-0.4, -0.2) is 75.7 Å². The molecule has 0 aliphatic carbocycles. The number of hydrogen-bond acceptors (Lipinski definition) is 5. The van der Waals surface area contributed by atoms with Gasteiger partial charge in [0.05, 0.1) is 13.7 Å². The molecule has 1 heterocycles. The van der Waals surface area contributed by atoms with E-state index in [0.717, 1.165) is 25.7 Å². The molecule has 7 heteroatoms. The van der Waals surface area contributed by atoms with Crippen molar-refractivity contribution in [2.24, 2.45) is 0 Å². The van der Waals surface area contributed by atoms with Crippen molar-refractivity contribution in [3.8, 4) is 11.5 Å². The summed E-state index contributed by atoms with van der Waals surface area (Å²) in [5.41, 5.74) is 0.599. The van der Waals surface area contributed by atoms with Crippen LogP contribution in [0.2, 0.25) is 0 Å². The molecule has 0 N–H and O–H groups in total. The number of methoxy groups -OCH3 is 2. The van der Waals surface area contributed by atoms with Crippen molar-refractivity contribution >= 4 is 13.9 Å². The van der Waals surface area contributed by atoms with E-state index in [1.165, 1.54) is 0 Å². The lowest BCUT2D eigenvalue weighted by molar-refractivity contribution is 0.0477. The highest BCUT2D eigenvalue weighted by Crippen LogP contribution is 2.30. The zero-order valence-electron chi connectivity index (χ0n) is 18.5. The van der Waals surface area contributed by atoms with Gasteiger partial charge in [0, 0.05) is 44.3 Å². The van der Waals surface area contributed by atoms with Gasteiger partial charge >= 0.3 is 0 Å². The summed E-state index contributed by atoms with van der Waals surface area (Å²) in [5.74, 6) is 1.19. The Kier molecular flexibility index (Phi) is 9.31. The average molecular weight is 402 g/mol. The zero-order chi connectivity index (χ0) is 21.4. The van der Waals surface area contributed by atoms with E-state index < -0.39 is 0 Å². The first-order valence-electron chi connectivity index (χ1n) is 10.6. The molecule has 1 saturated heterocycles. The molecule has 2 rings (SSSR count). The van der Waals surface area contributed by atoms with Gasteiger partial charge in [0.1, 0.15) is 0 Å². The van der Waals surface area contributed by atoms with Crippen LogP contribution in [0.15, 0.2) is 18.2 Å². The summed E-state index contributed by atoms with van der Waals surface area (Å²) < 4.78 is 16.3. The van der Waals surface area contributed by atoms with Crippen molar-refractivity contribution in [3.05, 3.63) is 23.8 Å². The molecular weight excluding hydrogens is 367 g/mol. The molecule has 0 bridgehead atoms. The Morgan fingerprint density at radius 3 is 2.59 bits per heavy atom. The quantitative estimate of drug-likeness (QED) is 0.444. The summed E-state index contributed by atoms with van der Waals surface area (Å²) in [6.07, 6.45) is 3.77. The van der Waals surface area contributed by atoms with Gasteiger partial charge in [0.15, 0.2) is 19.5 Å². The van der Waals surface area contributed by atoms with E-state index in [0.29, 0.717) is 42.9 Å². The molecule has 2 atom stereocenters. The lowest BCUT2D eigenvalue weighted by Gasteiger charge is -2.44. The summed E-state index contributed by atoms with van der Waals surface area (Å²) in [4.78, 5) is 17.3. The molecule has 1 amide bonds. The summed E-state index contributed by atoms with van der Waals surface area (Å²) in [7, 11) is 9.51. The van der Waals surface area contributed by atoms with E-state index in [1.54, 1.807) is 32.4 Å². The van der Waals surface area contributed by atoms with Gasteiger partial charge in [-0.05, 0) is 57.4 Å². The predicted octanol–water partition coefficient (Wildman–Crippen LogP) is 3.29. The lowest BCUT2D eigenvalue weighted by Crippen LogP contribution is -2.54. The van der Waals surface area contributed by atoms with E-state index >= 15 is 0 Å². The van der Waals surface area contributed by atoms with Crippen molar-refractivity contribution < 1.29 is 19.0 Å². The highest BCUT2D eigenvalue weighted by atomic mass is 16.5. The molecule has 0 saturated carbocycles. The first kappa shape index (κ1) is 23.6. The van der Waals surface area contributed by atoms with Gasteiger partial charge in [-0.1, -0.05) is 6.92 Å². The van der Waals surface area contributed by atoms with E-state index in [2.05, 4.69) is 20.8 Å². The molecule has 6 nitrogen and oxygen atoms in total. The van der Waals surface area contributed by atoms with Gasteiger partial charge in [0.2, 0.25) is 0 Å². The molecule has 2 unspecified atom stereocenters. The Morgan fingerprint density at radius 2 is 2.00 bits per heavy atom. The monoisotopic (exact) mass is 402 g/mol. The minimum absolute atomic E-state index is 0.00209. The third-order valence-electron chi connectivity index (χ3n) is 5.54. The van der Waals surface area contributed by atoms with Gasteiger partial charge in [-0.15, -0.1) is 0 Å². The fourth-order valence-corrected chi connectivity index (χ4v) is 3.98. The van der Waals surface area contributed by atoms with E-state index in [1.807, 2.05) is 9.71 Å². The number of ether oxygens (including phenoxy) is 3. The molecule has 1 aromatic carbocycles. The van der Waals surface area contributed by atoms with Crippen LogP contribution in [0.3, 0.4) is 0 Å². The predicted molar refractivity (Wildman–Crippen MR) is 116 cm³/mol. The van der Waals surface area contributed by atoms with Crippen LogP contribution in [0.5, 0.6) is 11.5 Å². The van der Waals surface area contributed by atoms with Crippen molar-refractivity contribution in [3.63, 3.8) is 0 Å². The second-order valence-electron chi connectivity index (χ2n) is 7.86. The van der Waals surface area contributed by atoms with Gasteiger partial charge in [-0.3, -0.25) is 4.79 Å². The largest absolute Gasteiger partial charge is 0.493 e. The second kappa shape index (κ2) is 11.5. The molecule has 160 valence electrons. The van der Waals surface area contributed by atoms with Gasteiger partial charge < -0.3 is 23.9 Å². The third-order valence-corrected chi connectivity index (χ3v) is 5.54. The number of benzene rings is 1. The molecule has 29 heavy (non-hydrogen) atoms. The molecule has 0 aromatic heterocycles. The Labute approximate surface area is 176 Å². The second-order valence-corrected chi connectivity index (χ2v) is 7.86. The average Bonchev–Trinajstić information content (AvgIpc) is 2.71. The van der Waals surface area contributed by atoms with Crippen LogP contribution in [0.4, 0.5) is 0 Å². The van der Waals surface area contributed by atoms with Crippen LogP contribution >= 0.6 is 0 Å². The van der Waals surface area contributed by atoms with Crippen molar-refractivity contribution in [2.45, 2.75) is 64.6 Å². The topological polar surface area (TPSA) is 51.2 Å². The van der Waals surface area contributed by atoms with Crippen LogP contribution < -0.4 is 9.47 Å². The molecule has 0 spiro atoms. The number of rotatable bonds is 10. The molecule has 1 fully saturated rings. The van der Waals surface area contributed by atoms with E-state index in [9.17, 15) is 4.79 Å². The van der Waals surface area contributed by atoms with Gasteiger partial charge in [0.25, 0.3) is 5.91 Å². The zero-order valence-corrected chi connectivity index (χ0v) is 18.5. The Balaban J connectivity index is 2.18. The highest BCUT2D eigenvalue weighted by molar-refractivity contribution is 6.04. The summed E-state index contributed by atoms with van der Waals surface area (Å²) >= 11 is 0. The lowest BCUT2D eigenvalue weighted by atomic mass is 9.91.